The van der Waals surface area contributed by atoms with Crippen molar-refractivity contribution in [3.05, 3.63) is 0 Å². The Morgan fingerprint density at radius 1 is 1.57 bits per heavy atom. The second-order valence-corrected chi connectivity index (χ2v) is 1.10. The van der Waals surface area contributed by atoms with E-state index in [4.69, 9.17) is 0 Å². The Morgan fingerprint density at radius 3 is 2.29 bits per heavy atom. The molecule has 0 aromatic rings. The summed E-state index contributed by atoms with van der Waals surface area (Å²) in [7, 11) is 1.62. The van der Waals surface area contributed by atoms with Crippen LogP contribution in [0.1, 0.15) is 13.3 Å². The molecule has 0 fully saturated rings. The van der Waals surface area contributed by atoms with Gasteiger partial charge in [-0.05, 0) is 6.42 Å². The minimum Gasteiger partial charge on any atom is -0.305 e. The van der Waals surface area contributed by atoms with Crippen LogP contribution in [0.4, 0.5) is 0 Å². The van der Waals surface area contributed by atoms with Crippen LogP contribution < -0.4 is 5.48 Å². The Hall–Kier alpha value is 0.270. The maximum Gasteiger partial charge on any atom is 0.0572 e. The van der Waals surface area contributed by atoms with Gasteiger partial charge in [0.15, 0.2) is 0 Å². The summed E-state index contributed by atoms with van der Waals surface area (Å²) < 4.78 is 0. The molecule has 2 nitrogen and oxygen atoms in total. The molecule has 1 N–H and O–H groups in total. The molecule has 0 radical (unpaired) electrons. The number of hydrogen-bond acceptors (Lipinski definition) is 2. The SMILES string of the molecule is CCCNOC.S. The van der Waals surface area contributed by atoms with Crippen molar-refractivity contribution >= 4 is 13.5 Å². The molecule has 3 heteroatoms. The molecule has 0 aliphatic carbocycles. The lowest BCUT2D eigenvalue weighted by Gasteiger charge is -1.93. The zero-order valence-corrected chi connectivity index (χ0v) is 5.82. The predicted molar refractivity (Wildman–Crippen MR) is 35.7 cm³/mol. The van der Waals surface area contributed by atoms with Crippen molar-refractivity contribution in [3.63, 3.8) is 0 Å². The lowest BCUT2D eigenvalue weighted by Crippen LogP contribution is -2.11. The van der Waals surface area contributed by atoms with Crippen molar-refractivity contribution in [1.29, 1.82) is 0 Å². The van der Waals surface area contributed by atoms with Gasteiger partial charge in [0, 0.05) is 6.54 Å². The van der Waals surface area contributed by atoms with Crippen LogP contribution in [0.3, 0.4) is 0 Å². The molecule has 0 bridgehead atoms. The summed E-state index contributed by atoms with van der Waals surface area (Å²) in [5, 5.41) is 0. The fourth-order valence-corrected chi connectivity index (χ4v) is 0.204. The van der Waals surface area contributed by atoms with Crippen molar-refractivity contribution < 1.29 is 4.84 Å². The van der Waals surface area contributed by atoms with E-state index in [1.54, 1.807) is 7.11 Å². The first-order chi connectivity index (χ1) is 2.91. The fourth-order valence-electron chi connectivity index (χ4n) is 0.204. The van der Waals surface area contributed by atoms with Gasteiger partial charge in [0.2, 0.25) is 0 Å². The van der Waals surface area contributed by atoms with E-state index in [0.29, 0.717) is 0 Å². The summed E-state index contributed by atoms with van der Waals surface area (Å²) in [6.45, 7) is 3.03. The minimum absolute atomic E-state index is 0. The molecular formula is C4H13NOS. The van der Waals surface area contributed by atoms with Crippen LogP contribution in [0.5, 0.6) is 0 Å². The second-order valence-electron chi connectivity index (χ2n) is 1.10. The van der Waals surface area contributed by atoms with Gasteiger partial charge in [-0.2, -0.15) is 13.5 Å². The van der Waals surface area contributed by atoms with Crippen LogP contribution in [0.15, 0.2) is 0 Å². The molecule has 0 amide bonds. The van der Waals surface area contributed by atoms with Crippen molar-refractivity contribution in [3.8, 4) is 0 Å². The summed E-state index contributed by atoms with van der Waals surface area (Å²) in [4.78, 5) is 4.53. The maximum absolute atomic E-state index is 4.53. The second kappa shape index (κ2) is 9.55. The van der Waals surface area contributed by atoms with Crippen molar-refractivity contribution in [2.75, 3.05) is 13.7 Å². The summed E-state index contributed by atoms with van der Waals surface area (Å²) in [6, 6.07) is 0. The number of hydroxylamine groups is 1. The highest BCUT2D eigenvalue weighted by Gasteiger charge is 1.71. The van der Waals surface area contributed by atoms with E-state index in [-0.39, 0.29) is 13.5 Å². The lowest BCUT2D eigenvalue weighted by molar-refractivity contribution is 0.0920. The van der Waals surface area contributed by atoms with Gasteiger partial charge < -0.3 is 4.84 Å². The zero-order valence-electron chi connectivity index (χ0n) is 4.82. The molecule has 46 valence electrons. The normalized spacial score (nSPS) is 7.71. The topological polar surface area (TPSA) is 21.3 Å². The minimum atomic E-state index is 0. The van der Waals surface area contributed by atoms with Crippen LogP contribution >= 0.6 is 13.5 Å². The average Bonchev–Trinajstić information content (AvgIpc) is 1.61. The van der Waals surface area contributed by atoms with Crippen LogP contribution in [-0.2, 0) is 4.84 Å². The Labute approximate surface area is 51.6 Å². The summed E-state index contributed by atoms with van der Waals surface area (Å²) >= 11 is 0. The molecule has 0 saturated carbocycles. The van der Waals surface area contributed by atoms with Crippen LogP contribution in [0.25, 0.3) is 0 Å². The van der Waals surface area contributed by atoms with Gasteiger partial charge in [0.05, 0.1) is 7.11 Å². The number of rotatable bonds is 3. The molecule has 0 aromatic carbocycles. The van der Waals surface area contributed by atoms with Gasteiger partial charge in [0.1, 0.15) is 0 Å². The highest BCUT2D eigenvalue weighted by atomic mass is 32.1. The first kappa shape index (κ1) is 10.3. The Morgan fingerprint density at radius 2 is 2.14 bits per heavy atom. The number of hydrogen-bond donors (Lipinski definition) is 1. The predicted octanol–water partition coefficient (Wildman–Crippen LogP) is 0.660. The quantitative estimate of drug-likeness (QED) is 0.440. The molecule has 0 spiro atoms. The first-order valence-corrected chi connectivity index (χ1v) is 2.17. The number of nitrogens with one attached hydrogen (secondary N) is 1. The highest BCUT2D eigenvalue weighted by Crippen LogP contribution is 1.65. The van der Waals surface area contributed by atoms with Crippen molar-refractivity contribution in [2.24, 2.45) is 0 Å². The summed E-state index contributed by atoms with van der Waals surface area (Å²) in [6.07, 6.45) is 1.12. The Balaban J connectivity index is 0. The van der Waals surface area contributed by atoms with Crippen LogP contribution in [0.2, 0.25) is 0 Å². The molecule has 0 heterocycles. The first-order valence-electron chi connectivity index (χ1n) is 2.17. The Bertz CT molecular complexity index is 23.7. The molecule has 0 aliphatic heterocycles. The zero-order chi connectivity index (χ0) is 4.83. The standard InChI is InChI=1S/C4H11NO.H2S/c1-3-4-5-6-2;/h5H,3-4H2,1-2H3;1H2. The maximum atomic E-state index is 4.53. The van der Waals surface area contributed by atoms with E-state index in [2.05, 4.69) is 17.2 Å². The van der Waals surface area contributed by atoms with Crippen LogP contribution in [-0.4, -0.2) is 13.7 Å². The molecule has 0 rings (SSSR count). The van der Waals surface area contributed by atoms with Gasteiger partial charge in [-0.25, -0.2) is 5.48 Å². The third kappa shape index (κ3) is 10.7. The monoisotopic (exact) mass is 123 g/mol. The molecule has 0 aromatic heterocycles. The van der Waals surface area contributed by atoms with Gasteiger partial charge in [-0.15, -0.1) is 0 Å². The van der Waals surface area contributed by atoms with Gasteiger partial charge in [-0.1, -0.05) is 6.92 Å². The molecule has 7 heavy (non-hydrogen) atoms. The van der Waals surface area contributed by atoms with Crippen LogP contribution in [0, 0.1) is 0 Å². The van der Waals surface area contributed by atoms with E-state index >= 15 is 0 Å². The fraction of sp³-hybridized carbons (Fsp3) is 1.00. The van der Waals surface area contributed by atoms with E-state index in [1.165, 1.54) is 0 Å². The van der Waals surface area contributed by atoms with E-state index < -0.39 is 0 Å². The Kier molecular flexibility index (Phi) is 14.0. The molecule has 0 aliphatic rings. The lowest BCUT2D eigenvalue weighted by atomic mass is 10.5. The molecule has 0 unspecified atom stereocenters. The van der Waals surface area contributed by atoms with Crippen molar-refractivity contribution in [2.45, 2.75) is 13.3 Å². The smallest absolute Gasteiger partial charge is 0.0572 e. The van der Waals surface area contributed by atoms with Crippen molar-refractivity contribution in [1.82, 2.24) is 5.48 Å². The highest BCUT2D eigenvalue weighted by molar-refractivity contribution is 7.59. The van der Waals surface area contributed by atoms with Gasteiger partial charge in [-0.3, -0.25) is 0 Å². The van der Waals surface area contributed by atoms with Gasteiger partial charge in [0.25, 0.3) is 0 Å². The summed E-state index contributed by atoms with van der Waals surface area (Å²) in [5.41, 5.74) is 2.70. The third-order valence-corrected chi connectivity index (χ3v) is 0.496. The average molecular weight is 123 g/mol. The van der Waals surface area contributed by atoms with Gasteiger partial charge >= 0.3 is 0 Å². The van der Waals surface area contributed by atoms with E-state index in [1.807, 2.05) is 0 Å². The molecular weight excluding hydrogens is 110 g/mol. The molecule has 0 atom stereocenters. The largest absolute Gasteiger partial charge is 0.305 e. The van der Waals surface area contributed by atoms with E-state index in [0.717, 1.165) is 13.0 Å². The third-order valence-electron chi connectivity index (χ3n) is 0.496. The summed E-state index contributed by atoms with van der Waals surface area (Å²) in [5.74, 6) is 0. The van der Waals surface area contributed by atoms with E-state index in [9.17, 15) is 0 Å². The molecule has 0 saturated heterocycles.